The molecule has 24 heavy (non-hydrogen) atoms. The lowest BCUT2D eigenvalue weighted by Crippen LogP contribution is -2.35. The van der Waals surface area contributed by atoms with Crippen LogP contribution in [0.2, 0.25) is 0 Å². The highest BCUT2D eigenvalue weighted by atomic mass is 79.9. The molecule has 0 atom stereocenters. The van der Waals surface area contributed by atoms with Crippen LogP contribution in [-0.2, 0) is 4.79 Å². The molecule has 0 unspecified atom stereocenters. The number of aromatic nitrogens is 1. The van der Waals surface area contributed by atoms with Crippen molar-refractivity contribution in [3.8, 4) is 11.8 Å². The molecule has 0 aliphatic rings. The zero-order valence-electron chi connectivity index (χ0n) is 13.1. The van der Waals surface area contributed by atoms with Gasteiger partial charge in [-0.1, -0.05) is 22.0 Å². The third-order valence-electron chi connectivity index (χ3n) is 3.44. The lowest BCUT2D eigenvalue weighted by Gasteiger charge is -2.10. The summed E-state index contributed by atoms with van der Waals surface area (Å²) in [4.78, 5) is 22.6. The van der Waals surface area contributed by atoms with Crippen molar-refractivity contribution in [2.24, 2.45) is 5.73 Å². The van der Waals surface area contributed by atoms with Crippen molar-refractivity contribution in [3.63, 3.8) is 0 Å². The lowest BCUT2D eigenvalue weighted by molar-refractivity contribution is -0.115. The van der Waals surface area contributed by atoms with Gasteiger partial charge < -0.3 is 10.3 Å². The number of carbonyl (C=O) groups excluding carboxylic acids is 2. The molecule has 1 heterocycles. The fourth-order valence-electron chi connectivity index (χ4n) is 2.43. The van der Waals surface area contributed by atoms with Crippen molar-refractivity contribution in [1.29, 1.82) is 5.26 Å². The number of imide groups is 1. The van der Waals surface area contributed by atoms with Gasteiger partial charge in [-0.25, -0.2) is 4.79 Å². The topological polar surface area (TPSA) is 101 Å². The fraction of sp³-hybridized carbons (Fsp3) is 0.118. The summed E-state index contributed by atoms with van der Waals surface area (Å²) in [7, 11) is 0. The monoisotopic (exact) mass is 386 g/mol. The maximum atomic E-state index is 11.8. The van der Waals surface area contributed by atoms with E-state index in [2.05, 4.69) is 15.9 Å². The second kappa shape index (κ2) is 7.15. The summed E-state index contributed by atoms with van der Waals surface area (Å²) in [5.74, 6) is -0.822. The number of hydrogen-bond acceptors (Lipinski definition) is 3. The molecule has 3 amide bonds. The quantitative estimate of drug-likeness (QED) is 0.625. The largest absolute Gasteiger partial charge is 0.351 e. The number of hydrogen-bond donors (Lipinski definition) is 2. The molecule has 2 aromatic rings. The number of nitrogens with one attached hydrogen (secondary N) is 1. The molecule has 122 valence electrons. The molecule has 0 spiro atoms. The third-order valence-corrected chi connectivity index (χ3v) is 3.93. The van der Waals surface area contributed by atoms with Crippen LogP contribution in [0.5, 0.6) is 0 Å². The van der Waals surface area contributed by atoms with E-state index in [-0.39, 0.29) is 5.57 Å². The van der Waals surface area contributed by atoms with Gasteiger partial charge in [0, 0.05) is 21.5 Å². The van der Waals surface area contributed by atoms with Gasteiger partial charge in [-0.05, 0) is 49.8 Å². The number of urea groups is 1. The van der Waals surface area contributed by atoms with Crippen LogP contribution in [0.3, 0.4) is 0 Å². The lowest BCUT2D eigenvalue weighted by atomic mass is 10.1. The molecule has 2 rings (SSSR count). The highest BCUT2D eigenvalue weighted by molar-refractivity contribution is 9.10. The van der Waals surface area contributed by atoms with Crippen molar-refractivity contribution in [2.45, 2.75) is 13.8 Å². The van der Waals surface area contributed by atoms with E-state index in [0.717, 1.165) is 21.5 Å². The Morgan fingerprint density at radius 3 is 2.62 bits per heavy atom. The molecule has 0 saturated carbocycles. The summed E-state index contributed by atoms with van der Waals surface area (Å²) in [6.07, 6.45) is 1.44. The van der Waals surface area contributed by atoms with Crippen LogP contribution in [-0.4, -0.2) is 16.5 Å². The Morgan fingerprint density at radius 1 is 1.33 bits per heavy atom. The number of nitriles is 1. The summed E-state index contributed by atoms with van der Waals surface area (Å²) in [5.41, 5.74) is 8.20. The fourth-order valence-corrected chi connectivity index (χ4v) is 2.82. The molecule has 1 aromatic heterocycles. The molecule has 7 heteroatoms. The number of rotatable bonds is 3. The molecule has 0 aliphatic carbocycles. The molecule has 0 radical (unpaired) electrons. The van der Waals surface area contributed by atoms with Crippen molar-refractivity contribution < 1.29 is 9.59 Å². The number of amides is 3. The minimum absolute atomic E-state index is 0.191. The first-order valence-electron chi connectivity index (χ1n) is 7.01. The van der Waals surface area contributed by atoms with Crippen LogP contribution in [0.25, 0.3) is 11.8 Å². The van der Waals surface area contributed by atoms with Gasteiger partial charge in [0.15, 0.2) is 0 Å². The zero-order valence-corrected chi connectivity index (χ0v) is 14.7. The summed E-state index contributed by atoms with van der Waals surface area (Å²) in [6, 6.07) is 10.4. The van der Waals surface area contributed by atoms with Gasteiger partial charge in [0.1, 0.15) is 11.6 Å². The SMILES string of the molecule is Cc1cc(/C=C(/C#N)C(=O)NC(N)=O)c(C)n1-c1cccc(Br)c1. The van der Waals surface area contributed by atoms with Crippen LogP contribution < -0.4 is 11.1 Å². The van der Waals surface area contributed by atoms with Crippen LogP contribution in [0, 0.1) is 25.2 Å². The maximum absolute atomic E-state index is 11.8. The smallest absolute Gasteiger partial charge is 0.319 e. The van der Waals surface area contributed by atoms with E-state index in [1.54, 1.807) is 6.07 Å². The van der Waals surface area contributed by atoms with Crippen LogP contribution in [0.15, 0.2) is 40.4 Å². The molecule has 1 aromatic carbocycles. The summed E-state index contributed by atoms with van der Waals surface area (Å²) in [6.45, 7) is 3.82. The number of halogens is 1. The number of benzene rings is 1. The first kappa shape index (κ1) is 17.5. The summed E-state index contributed by atoms with van der Waals surface area (Å²) in [5, 5.41) is 11.0. The Morgan fingerprint density at radius 2 is 2.04 bits per heavy atom. The Labute approximate surface area is 147 Å². The molecule has 0 aliphatic heterocycles. The number of nitrogens with two attached hydrogens (primary N) is 1. The van der Waals surface area contributed by atoms with Gasteiger partial charge in [0.25, 0.3) is 5.91 Å². The van der Waals surface area contributed by atoms with Gasteiger partial charge in [-0.15, -0.1) is 0 Å². The second-order valence-corrected chi connectivity index (χ2v) is 6.05. The molecule has 0 fully saturated rings. The Hall–Kier alpha value is -2.85. The normalized spacial score (nSPS) is 11.0. The Kier molecular flexibility index (Phi) is 5.21. The summed E-state index contributed by atoms with van der Waals surface area (Å²) >= 11 is 3.44. The van der Waals surface area contributed by atoms with Crippen LogP contribution in [0.1, 0.15) is 17.0 Å². The molecular formula is C17H15BrN4O2. The van der Waals surface area contributed by atoms with E-state index in [1.165, 1.54) is 6.08 Å². The van der Waals surface area contributed by atoms with Gasteiger partial charge in [0.2, 0.25) is 0 Å². The minimum Gasteiger partial charge on any atom is -0.351 e. The predicted octanol–water partition coefficient (Wildman–Crippen LogP) is 2.96. The number of carbonyl (C=O) groups is 2. The van der Waals surface area contributed by atoms with Gasteiger partial charge in [-0.3, -0.25) is 10.1 Å². The van der Waals surface area contributed by atoms with E-state index in [9.17, 15) is 9.59 Å². The maximum Gasteiger partial charge on any atom is 0.319 e. The second-order valence-electron chi connectivity index (χ2n) is 5.13. The molecular weight excluding hydrogens is 372 g/mol. The van der Waals surface area contributed by atoms with Gasteiger partial charge in [-0.2, -0.15) is 5.26 Å². The van der Waals surface area contributed by atoms with Crippen molar-refractivity contribution in [1.82, 2.24) is 9.88 Å². The van der Waals surface area contributed by atoms with E-state index in [4.69, 9.17) is 11.0 Å². The Balaban J connectivity index is 2.48. The van der Waals surface area contributed by atoms with E-state index >= 15 is 0 Å². The Bertz CT molecular complexity index is 890. The highest BCUT2D eigenvalue weighted by Crippen LogP contribution is 2.24. The standard InChI is InChI=1S/C17H15BrN4O2/c1-10-6-12(7-13(9-19)16(23)21-17(20)24)11(2)22(10)15-5-3-4-14(18)8-15/h3-8H,1-2H3,(H3,20,21,23,24)/b13-7-. The minimum atomic E-state index is -0.999. The number of primary amides is 1. The zero-order chi connectivity index (χ0) is 17.9. The molecule has 0 bridgehead atoms. The van der Waals surface area contributed by atoms with Crippen molar-refractivity contribution in [2.75, 3.05) is 0 Å². The van der Waals surface area contributed by atoms with Crippen molar-refractivity contribution >= 4 is 33.9 Å². The average molecular weight is 387 g/mol. The van der Waals surface area contributed by atoms with Crippen LogP contribution in [0.4, 0.5) is 4.79 Å². The van der Waals surface area contributed by atoms with E-state index in [1.807, 2.05) is 54.1 Å². The van der Waals surface area contributed by atoms with Crippen molar-refractivity contribution in [3.05, 3.63) is 57.3 Å². The highest BCUT2D eigenvalue weighted by Gasteiger charge is 2.14. The molecule has 6 nitrogen and oxygen atoms in total. The van der Waals surface area contributed by atoms with Gasteiger partial charge in [0.05, 0.1) is 0 Å². The predicted molar refractivity (Wildman–Crippen MR) is 94.3 cm³/mol. The average Bonchev–Trinajstić information content (AvgIpc) is 2.78. The summed E-state index contributed by atoms with van der Waals surface area (Å²) < 4.78 is 2.96. The van der Waals surface area contributed by atoms with Gasteiger partial charge >= 0.3 is 6.03 Å². The third kappa shape index (κ3) is 3.73. The number of nitrogens with zero attached hydrogens (tertiary/aromatic N) is 2. The first-order chi connectivity index (χ1) is 11.3. The van der Waals surface area contributed by atoms with E-state index in [0.29, 0.717) is 5.56 Å². The first-order valence-corrected chi connectivity index (χ1v) is 7.80. The molecule has 3 N–H and O–H groups in total. The molecule has 0 saturated heterocycles. The van der Waals surface area contributed by atoms with Crippen LogP contribution >= 0.6 is 15.9 Å². The van der Waals surface area contributed by atoms with E-state index < -0.39 is 11.9 Å². The number of aryl methyl sites for hydroxylation is 1.